The predicted octanol–water partition coefficient (Wildman–Crippen LogP) is 4.48. The van der Waals surface area contributed by atoms with Gasteiger partial charge >= 0.3 is 0 Å². The van der Waals surface area contributed by atoms with Gasteiger partial charge in [0.15, 0.2) is 0 Å². The zero-order valence-corrected chi connectivity index (χ0v) is 15.2. The molecule has 0 radical (unpaired) electrons. The van der Waals surface area contributed by atoms with Crippen molar-refractivity contribution in [3.05, 3.63) is 81.9 Å². The van der Waals surface area contributed by atoms with Gasteiger partial charge in [0.25, 0.3) is 0 Å². The van der Waals surface area contributed by atoms with Crippen LogP contribution in [0.2, 0.25) is 10.0 Å². The van der Waals surface area contributed by atoms with Crippen molar-refractivity contribution in [3.8, 4) is 0 Å². The molecule has 0 aromatic heterocycles. The van der Waals surface area contributed by atoms with Crippen LogP contribution in [0.25, 0.3) is 0 Å². The summed E-state index contributed by atoms with van der Waals surface area (Å²) in [4.78, 5) is 2.30. The lowest BCUT2D eigenvalue weighted by atomic mass is 9.86. The zero-order valence-electron chi connectivity index (χ0n) is 13.7. The molecule has 2 aromatic rings. The fraction of sp³-hybridized carbons (Fsp3) is 0.300. The van der Waals surface area contributed by atoms with Gasteiger partial charge in [-0.15, -0.1) is 0 Å². The molecule has 2 aliphatic rings. The first-order chi connectivity index (χ1) is 12.2. The third-order valence-corrected chi connectivity index (χ3v) is 5.26. The second-order valence-corrected chi connectivity index (χ2v) is 7.14. The number of nitrogens with zero attached hydrogens (tertiary/aromatic N) is 1. The van der Waals surface area contributed by atoms with E-state index < -0.39 is 5.60 Å². The number of morpholine rings is 1. The first-order valence-electron chi connectivity index (χ1n) is 8.38. The Labute approximate surface area is 157 Å². The highest BCUT2D eigenvalue weighted by atomic mass is 35.5. The van der Waals surface area contributed by atoms with Crippen LogP contribution in [0.3, 0.4) is 0 Å². The second-order valence-electron chi connectivity index (χ2n) is 6.27. The van der Waals surface area contributed by atoms with E-state index in [1.54, 1.807) is 0 Å². The highest BCUT2D eigenvalue weighted by Gasteiger charge is 2.41. The van der Waals surface area contributed by atoms with Crippen LogP contribution in [0.5, 0.6) is 0 Å². The molecule has 0 saturated carbocycles. The van der Waals surface area contributed by atoms with Crippen molar-refractivity contribution in [2.45, 2.75) is 11.8 Å². The molecule has 130 valence electrons. The van der Waals surface area contributed by atoms with Crippen LogP contribution in [0.4, 0.5) is 0 Å². The van der Waals surface area contributed by atoms with Gasteiger partial charge in [-0.05, 0) is 47.5 Å². The van der Waals surface area contributed by atoms with Gasteiger partial charge < -0.3 is 9.47 Å². The summed E-state index contributed by atoms with van der Waals surface area (Å²) < 4.78 is 12.1. The van der Waals surface area contributed by atoms with E-state index in [2.05, 4.69) is 17.1 Å². The Balaban J connectivity index is 1.71. The minimum atomic E-state index is -0.641. The van der Waals surface area contributed by atoms with Crippen LogP contribution >= 0.6 is 23.2 Å². The Morgan fingerprint density at radius 2 is 1.36 bits per heavy atom. The smallest absolute Gasteiger partial charge is 0.139 e. The Hall–Kier alpha value is -1.36. The summed E-state index contributed by atoms with van der Waals surface area (Å²) in [6, 6.07) is 15.7. The van der Waals surface area contributed by atoms with E-state index in [-0.39, 0.29) is 6.23 Å². The fourth-order valence-electron chi connectivity index (χ4n) is 3.41. The molecule has 1 atom stereocenters. The van der Waals surface area contributed by atoms with E-state index in [1.807, 2.05) is 48.5 Å². The van der Waals surface area contributed by atoms with Crippen molar-refractivity contribution in [1.29, 1.82) is 0 Å². The molecular weight excluding hydrogens is 357 g/mol. The number of rotatable bonds is 3. The highest BCUT2D eigenvalue weighted by molar-refractivity contribution is 6.30. The van der Waals surface area contributed by atoms with Gasteiger partial charge in [0, 0.05) is 23.1 Å². The topological polar surface area (TPSA) is 21.7 Å². The highest BCUT2D eigenvalue weighted by Crippen LogP contribution is 2.41. The third kappa shape index (κ3) is 3.35. The molecule has 0 spiro atoms. The molecule has 0 amide bonds. The monoisotopic (exact) mass is 375 g/mol. The molecule has 0 aliphatic carbocycles. The molecule has 0 bridgehead atoms. The number of hydrogen-bond donors (Lipinski definition) is 0. The van der Waals surface area contributed by atoms with Crippen LogP contribution in [-0.4, -0.2) is 37.4 Å². The lowest BCUT2D eigenvalue weighted by molar-refractivity contribution is -0.105. The standard InChI is InChI=1S/C20H19Cl2NO2/c21-17-5-1-15(2-6-17)20(16-3-7-18(22)8-4-16)10-9-19(25-20)23-11-13-24-14-12-23/h1-10,19H,11-14H2. The van der Waals surface area contributed by atoms with Crippen molar-refractivity contribution in [2.75, 3.05) is 26.3 Å². The van der Waals surface area contributed by atoms with Crippen molar-refractivity contribution < 1.29 is 9.47 Å². The normalized spacial score (nSPS) is 23.0. The molecule has 1 fully saturated rings. The van der Waals surface area contributed by atoms with E-state index in [4.69, 9.17) is 32.7 Å². The summed E-state index contributed by atoms with van der Waals surface area (Å²) in [6.07, 6.45) is 4.20. The van der Waals surface area contributed by atoms with E-state index in [0.717, 1.165) is 37.4 Å². The van der Waals surface area contributed by atoms with Gasteiger partial charge in [-0.2, -0.15) is 0 Å². The average molecular weight is 376 g/mol. The molecule has 4 rings (SSSR count). The summed E-state index contributed by atoms with van der Waals surface area (Å²) in [5.74, 6) is 0. The Kier molecular flexibility index (Phi) is 4.85. The first kappa shape index (κ1) is 17.1. The molecule has 1 saturated heterocycles. The minimum absolute atomic E-state index is 0.0738. The van der Waals surface area contributed by atoms with Gasteiger partial charge in [0.2, 0.25) is 0 Å². The Morgan fingerprint density at radius 3 is 1.88 bits per heavy atom. The van der Waals surface area contributed by atoms with Crippen LogP contribution in [0.1, 0.15) is 11.1 Å². The lowest BCUT2D eigenvalue weighted by Gasteiger charge is -2.36. The summed E-state index contributed by atoms with van der Waals surface area (Å²) in [5, 5.41) is 1.42. The Bertz CT molecular complexity index is 707. The lowest BCUT2D eigenvalue weighted by Crippen LogP contribution is -2.44. The maximum Gasteiger partial charge on any atom is 0.139 e. The largest absolute Gasteiger partial charge is 0.379 e. The first-order valence-corrected chi connectivity index (χ1v) is 9.14. The van der Waals surface area contributed by atoms with Crippen molar-refractivity contribution in [3.63, 3.8) is 0 Å². The summed E-state index contributed by atoms with van der Waals surface area (Å²) >= 11 is 12.2. The predicted molar refractivity (Wildman–Crippen MR) is 100 cm³/mol. The van der Waals surface area contributed by atoms with Gasteiger partial charge in [0.1, 0.15) is 11.8 Å². The van der Waals surface area contributed by atoms with Gasteiger partial charge in [-0.3, -0.25) is 4.90 Å². The molecule has 3 nitrogen and oxygen atoms in total. The van der Waals surface area contributed by atoms with Crippen LogP contribution in [-0.2, 0) is 15.1 Å². The zero-order chi connectivity index (χ0) is 17.3. The summed E-state index contributed by atoms with van der Waals surface area (Å²) in [7, 11) is 0. The second kappa shape index (κ2) is 7.10. The molecule has 25 heavy (non-hydrogen) atoms. The number of benzene rings is 2. The Morgan fingerprint density at radius 1 is 0.840 bits per heavy atom. The maximum absolute atomic E-state index is 6.61. The molecular formula is C20H19Cl2NO2. The van der Waals surface area contributed by atoms with Crippen molar-refractivity contribution in [2.24, 2.45) is 0 Å². The summed E-state index contributed by atoms with van der Waals surface area (Å²) in [6.45, 7) is 3.21. The molecule has 2 aliphatic heterocycles. The molecule has 5 heteroatoms. The van der Waals surface area contributed by atoms with E-state index in [1.165, 1.54) is 0 Å². The minimum Gasteiger partial charge on any atom is -0.379 e. The molecule has 1 unspecified atom stereocenters. The molecule has 2 aromatic carbocycles. The summed E-state index contributed by atoms with van der Waals surface area (Å²) in [5.41, 5.74) is 1.45. The molecule has 2 heterocycles. The van der Waals surface area contributed by atoms with Crippen LogP contribution in [0.15, 0.2) is 60.7 Å². The van der Waals surface area contributed by atoms with Gasteiger partial charge in [-0.1, -0.05) is 47.5 Å². The van der Waals surface area contributed by atoms with Gasteiger partial charge in [0.05, 0.1) is 13.2 Å². The van der Waals surface area contributed by atoms with E-state index >= 15 is 0 Å². The van der Waals surface area contributed by atoms with Crippen molar-refractivity contribution in [1.82, 2.24) is 4.90 Å². The SMILES string of the molecule is Clc1ccc(C2(c3ccc(Cl)cc3)C=CC(N3CCOCC3)O2)cc1. The number of ether oxygens (including phenoxy) is 2. The van der Waals surface area contributed by atoms with E-state index in [0.29, 0.717) is 10.0 Å². The van der Waals surface area contributed by atoms with Crippen LogP contribution in [0, 0.1) is 0 Å². The number of hydrogen-bond acceptors (Lipinski definition) is 3. The quantitative estimate of drug-likeness (QED) is 0.738. The maximum atomic E-state index is 6.61. The van der Waals surface area contributed by atoms with Gasteiger partial charge in [-0.25, -0.2) is 0 Å². The molecule has 0 N–H and O–H groups in total. The fourth-order valence-corrected chi connectivity index (χ4v) is 3.66. The van der Waals surface area contributed by atoms with Crippen molar-refractivity contribution >= 4 is 23.2 Å². The third-order valence-electron chi connectivity index (χ3n) is 4.75. The van der Waals surface area contributed by atoms with E-state index in [9.17, 15) is 0 Å². The average Bonchev–Trinajstić information content (AvgIpc) is 3.10. The number of halogens is 2. The van der Waals surface area contributed by atoms with Crippen LogP contribution < -0.4 is 0 Å².